The third-order valence-corrected chi connectivity index (χ3v) is 2.02. The number of hydrogen-bond donors (Lipinski definition) is 0. The van der Waals surface area contributed by atoms with Crippen molar-refractivity contribution in [2.24, 2.45) is 11.8 Å². The van der Waals surface area contributed by atoms with E-state index in [0.29, 0.717) is 5.92 Å². The van der Waals surface area contributed by atoms with Crippen molar-refractivity contribution >= 4 is 0 Å². The Balaban J connectivity index is -0.0000000596. The fourth-order valence-corrected chi connectivity index (χ4v) is 0.830. The Labute approximate surface area is 120 Å². The Kier molecular flexibility index (Phi) is 60.9. The predicted octanol–water partition coefficient (Wildman–Crippen LogP) is 7.52. The molecule has 0 N–H and O–H groups in total. The molecule has 0 aliphatic heterocycles. The second-order valence-corrected chi connectivity index (χ2v) is 3.72. The van der Waals surface area contributed by atoms with E-state index in [1.165, 1.54) is 18.4 Å². The molecule has 0 nitrogen and oxygen atoms in total. The Morgan fingerprint density at radius 3 is 1.22 bits per heavy atom. The van der Waals surface area contributed by atoms with Crippen LogP contribution in [-0.2, 0) is 0 Å². The SMILES string of the molecule is C=C.C=C(C)C(C)CCC(C)C.CC.CC.CC. The molecular weight excluding hydrogens is 216 g/mol. The average molecular weight is 259 g/mol. The van der Waals surface area contributed by atoms with Crippen LogP contribution in [0, 0.1) is 11.8 Å². The first-order valence-electron chi connectivity index (χ1n) is 7.69. The summed E-state index contributed by atoms with van der Waals surface area (Å²) < 4.78 is 0. The highest BCUT2D eigenvalue weighted by Crippen LogP contribution is 2.16. The highest BCUT2D eigenvalue weighted by Gasteiger charge is 2.02. The van der Waals surface area contributed by atoms with Crippen molar-refractivity contribution in [3.63, 3.8) is 0 Å². The first-order chi connectivity index (χ1) is 8.54. The van der Waals surface area contributed by atoms with Gasteiger partial charge >= 0.3 is 0 Å². The van der Waals surface area contributed by atoms with E-state index in [4.69, 9.17) is 0 Å². The molecule has 0 radical (unpaired) electrons. The smallest absolute Gasteiger partial charge is 0.0237 e. The summed E-state index contributed by atoms with van der Waals surface area (Å²) in [5.74, 6) is 1.55. The summed E-state index contributed by atoms with van der Waals surface area (Å²) in [6, 6.07) is 0. The Morgan fingerprint density at radius 2 is 1.06 bits per heavy atom. The van der Waals surface area contributed by atoms with E-state index in [-0.39, 0.29) is 0 Å². The van der Waals surface area contributed by atoms with Gasteiger partial charge in [-0.05, 0) is 25.2 Å². The fraction of sp³-hybridized carbons (Fsp3) is 0.778. The van der Waals surface area contributed by atoms with Gasteiger partial charge in [-0.25, -0.2) is 0 Å². The average Bonchev–Trinajstić information content (AvgIpc) is 2.44. The van der Waals surface area contributed by atoms with Crippen LogP contribution in [0.4, 0.5) is 0 Å². The molecule has 0 rings (SSSR count). The van der Waals surface area contributed by atoms with Crippen molar-refractivity contribution in [2.45, 2.75) is 82.1 Å². The minimum atomic E-state index is 0.711. The molecule has 0 heteroatoms. The lowest BCUT2D eigenvalue weighted by molar-refractivity contribution is 0.490. The largest absolute Gasteiger partial charge is 0.106 e. The van der Waals surface area contributed by atoms with Gasteiger partial charge in [0.05, 0.1) is 0 Å². The van der Waals surface area contributed by atoms with Crippen LogP contribution in [0.2, 0.25) is 0 Å². The molecule has 0 spiro atoms. The number of hydrogen-bond acceptors (Lipinski definition) is 0. The summed E-state index contributed by atoms with van der Waals surface area (Å²) in [7, 11) is 0. The maximum Gasteiger partial charge on any atom is -0.0237 e. The number of rotatable bonds is 4. The molecular formula is C18H42. The molecule has 0 aromatic heterocycles. The Hall–Kier alpha value is -0.520. The number of allylic oxidation sites excluding steroid dienone is 1. The van der Waals surface area contributed by atoms with E-state index in [1.807, 2.05) is 41.5 Å². The Morgan fingerprint density at radius 1 is 0.778 bits per heavy atom. The second kappa shape index (κ2) is 36.0. The first-order valence-corrected chi connectivity index (χ1v) is 7.69. The van der Waals surface area contributed by atoms with E-state index in [2.05, 4.69) is 47.4 Å². The second-order valence-electron chi connectivity index (χ2n) is 3.72. The van der Waals surface area contributed by atoms with Gasteiger partial charge in [0.15, 0.2) is 0 Å². The molecule has 1 unspecified atom stereocenters. The molecule has 0 fully saturated rings. The van der Waals surface area contributed by atoms with E-state index < -0.39 is 0 Å². The summed E-state index contributed by atoms with van der Waals surface area (Å²) in [5.41, 5.74) is 1.32. The van der Waals surface area contributed by atoms with Crippen LogP contribution in [0.5, 0.6) is 0 Å². The van der Waals surface area contributed by atoms with Crippen molar-refractivity contribution in [2.75, 3.05) is 0 Å². The summed E-state index contributed by atoms with van der Waals surface area (Å²) in [6.45, 7) is 30.8. The predicted molar refractivity (Wildman–Crippen MR) is 93.3 cm³/mol. The highest BCUT2D eigenvalue weighted by molar-refractivity contribution is 4.93. The van der Waals surface area contributed by atoms with Gasteiger partial charge in [0.1, 0.15) is 0 Å². The van der Waals surface area contributed by atoms with E-state index >= 15 is 0 Å². The van der Waals surface area contributed by atoms with Crippen molar-refractivity contribution < 1.29 is 0 Å². The van der Waals surface area contributed by atoms with Crippen molar-refractivity contribution in [1.82, 2.24) is 0 Å². The monoisotopic (exact) mass is 258 g/mol. The molecule has 18 heavy (non-hydrogen) atoms. The van der Waals surface area contributed by atoms with Crippen LogP contribution in [0.25, 0.3) is 0 Å². The van der Waals surface area contributed by atoms with Gasteiger partial charge < -0.3 is 0 Å². The van der Waals surface area contributed by atoms with Gasteiger partial charge in [0, 0.05) is 0 Å². The normalized spacial score (nSPS) is 8.83. The van der Waals surface area contributed by atoms with Gasteiger partial charge in [0.25, 0.3) is 0 Å². The first kappa shape index (κ1) is 30.5. The zero-order valence-electron chi connectivity index (χ0n) is 15.2. The minimum absolute atomic E-state index is 0.711. The quantitative estimate of drug-likeness (QED) is 0.457. The van der Waals surface area contributed by atoms with Crippen LogP contribution in [0.1, 0.15) is 82.1 Å². The van der Waals surface area contributed by atoms with Gasteiger partial charge in [0.2, 0.25) is 0 Å². The van der Waals surface area contributed by atoms with Crippen LogP contribution < -0.4 is 0 Å². The molecule has 0 aromatic rings. The summed E-state index contributed by atoms with van der Waals surface area (Å²) >= 11 is 0. The van der Waals surface area contributed by atoms with Gasteiger partial charge in [-0.15, -0.1) is 13.2 Å². The lowest BCUT2D eigenvalue weighted by Crippen LogP contribution is -1.97. The van der Waals surface area contributed by atoms with Crippen LogP contribution in [0.3, 0.4) is 0 Å². The zero-order chi connectivity index (χ0) is 16.1. The van der Waals surface area contributed by atoms with Crippen molar-refractivity contribution in [3.05, 3.63) is 25.3 Å². The van der Waals surface area contributed by atoms with E-state index in [9.17, 15) is 0 Å². The van der Waals surface area contributed by atoms with Crippen LogP contribution >= 0.6 is 0 Å². The maximum atomic E-state index is 3.93. The molecule has 0 aromatic carbocycles. The van der Waals surface area contributed by atoms with Gasteiger partial charge in [-0.1, -0.05) is 80.9 Å². The van der Waals surface area contributed by atoms with E-state index in [0.717, 1.165) is 5.92 Å². The molecule has 0 aliphatic carbocycles. The third-order valence-electron chi connectivity index (χ3n) is 2.02. The van der Waals surface area contributed by atoms with Gasteiger partial charge in [-0.3, -0.25) is 0 Å². The van der Waals surface area contributed by atoms with Crippen molar-refractivity contribution in [3.8, 4) is 0 Å². The summed E-state index contributed by atoms with van der Waals surface area (Å²) in [5, 5.41) is 0. The van der Waals surface area contributed by atoms with Gasteiger partial charge in [-0.2, -0.15) is 0 Å². The highest BCUT2D eigenvalue weighted by atomic mass is 14.1. The van der Waals surface area contributed by atoms with E-state index in [1.54, 1.807) is 0 Å². The molecule has 114 valence electrons. The Bertz CT molecular complexity index is 111. The topological polar surface area (TPSA) is 0 Å². The molecule has 1 atom stereocenters. The molecule has 0 heterocycles. The van der Waals surface area contributed by atoms with Crippen LogP contribution in [0.15, 0.2) is 25.3 Å². The lowest BCUT2D eigenvalue weighted by atomic mass is 9.95. The molecule has 0 saturated carbocycles. The molecule has 0 saturated heterocycles. The summed E-state index contributed by atoms with van der Waals surface area (Å²) in [6.07, 6.45) is 2.63. The fourth-order valence-electron chi connectivity index (χ4n) is 0.830. The standard InChI is InChI=1S/C10H20.3C2H6.C2H4/c1-8(2)6-7-10(5)9(3)4;4*1-2/h8,10H,3,6-7H2,1-2,4-5H3;3*1-2H3;1-2H2. The lowest BCUT2D eigenvalue weighted by Gasteiger charge is -2.11. The van der Waals surface area contributed by atoms with Crippen LogP contribution in [-0.4, -0.2) is 0 Å². The third kappa shape index (κ3) is 45.1. The molecule has 0 bridgehead atoms. The molecule has 0 aliphatic rings. The molecule has 0 amide bonds. The minimum Gasteiger partial charge on any atom is -0.106 e. The zero-order valence-corrected chi connectivity index (χ0v) is 15.2. The van der Waals surface area contributed by atoms with Crippen molar-refractivity contribution in [1.29, 1.82) is 0 Å². The maximum absolute atomic E-state index is 3.93. The summed E-state index contributed by atoms with van der Waals surface area (Å²) in [4.78, 5) is 0.